The molecule has 0 unspecified atom stereocenters. The maximum Gasteiger partial charge on any atom is 0.325 e. The van der Waals surface area contributed by atoms with E-state index < -0.39 is 0 Å². The van der Waals surface area contributed by atoms with E-state index in [0.29, 0.717) is 13.1 Å². The Morgan fingerprint density at radius 2 is 1.68 bits per heavy atom. The number of methoxy groups -OCH3 is 2. The van der Waals surface area contributed by atoms with Crippen molar-refractivity contribution in [3.63, 3.8) is 0 Å². The zero-order valence-corrected chi connectivity index (χ0v) is 23.7. The molecule has 2 radical (unpaired) electrons. The minimum Gasteiger partial charge on any atom is -0.497 e. The minimum absolute atomic E-state index is 0.114. The number of likely N-dealkylation sites (tertiary alicyclic amines) is 1. The highest BCUT2D eigenvalue weighted by molar-refractivity contribution is 6.56. The van der Waals surface area contributed by atoms with E-state index in [2.05, 4.69) is 82.2 Å². The number of likely N-dealkylation sites (N-methyl/N-ethyl adjacent to an activating group) is 1. The van der Waals surface area contributed by atoms with Crippen LogP contribution in [-0.2, 0) is 13.1 Å². The number of allylic oxidation sites excluding steroid dienone is 1. The molecule has 2 aromatic rings. The molecular weight excluding hydrogens is 472 g/mol. The lowest BCUT2D eigenvalue weighted by Gasteiger charge is -2.44. The maximum atomic E-state index is 13.9. The molecule has 2 fully saturated rings. The Kier molecular flexibility index (Phi) is 7.54. The molecular formula is C30H39B2N3O3. The molecule has 3 aliphatic heterocycles. The quantitative estimate of drug-likeness (QED) is 0.532. The molecule has 0 N–H and O–H groups in total. The van der Waals surface area contributed by atoms with E-state index in [4.69, 9.17) is 9.47 Å². The largest absolute Gasteiger partial charge is 0.497 e. The molecule has 0 bridgehead atoms. The summed E-state index contributed by atoms with van der Waals surface area (Å²) in [4.78, 5) is 20.6. The highest BCUT2D eigenvalue weighted by atomic mass is 16.5. The van der Waals surface area contributed by atoms with Crippen LogP contribution in [0.1, 0.15) is 49.3 Å². The SMILES string of the molecule is C[B]c1cc([B]C)cc(CN2CCC3(CC2)C2=C[C@@H](C)c4c(cc(OC)cc4OC)CN2C(=O)N3CC)c1. The molecule has 2 amide bonds. The van der Waals surface area contributed by atoms with Crippen molar-refractivity contribution < 1.29 is 14.3 Å². The number of fused-ring (bicyclic) bond motifs is 3. The van der Waals surface area contributed by atoms with Crippen LogP contribution in [0, 0.1) is 0 Å². The Labute approximate surface area is 229 Å². The number of urea groups is 1. The molecule has 198 valence electrons. The van der Waals surface area contributed by atoms with Crippen LogP contribution >= 0.6 is 0 Å². The lowest BCUT2D eigenvalue weighted by Crippen LogP contribution is -2.53. The van der Waals surface area contributed by atoms with E-state index in [-0.39, 0.29) is 17.5 Å². The van der Waals surface area contributed by atoms with Gasteiger partial charge in [0.1, 0.15) is 26.1 Å². The first-order valence-electron chi connectivity index (χ1n) is 13.9. The summed E-state index contributed by atoms with van der Waals surface area (Å²) < 4.78 is 11.3. The summed E-state index contributed by atoms with van der Waals surface area (Å²) in [5.41, 5.74) is 7.02. The number of carbonyl (C=O) groups excluding carboxylic acids is 1. The number of ether oxygens (including phenoxy) is 2. The Hall–Kier alpha value is -2.86. The third kappa shape index (κ3) is 4.51. The second kappa shape index (κ2) is 10.7. The number of amides is 2. The Balaban J connectivity index is 1.43. The van der Waals surface area contributed by atoms with Crippen LogP contribution < -0.4 is 20.4 Å². The van der Waals surface area contributed by atoms with Crippen molar-refractivity contribution in [2.24, 2.45) is 0 Å². The van der Waals surface area contributed by atoms with Crippen molar-refractivity contribution in [3.8, 4) is 11.5 Å². The van der Waals surface area contributed by atoms with Crippen LogP contribution in [0.15, 0.2) is 42.1 Å². The van der Waals surface area contributed by atoms with Crippen LogP contribution in [0.5, 0.6) is 11.5 Å². The fraction of sp³-hybridized carbons (Fsp3) is 0.500. The highest BCUT2D eigenvalue weighted by Gasteiger charge is 2.54. The second-order valence-electron chi connectivity index (χ2n) is 10.7. The number of hydrogen-bond acceptors (Lipinski definition) is 4. The molecule has 3 aliphatic rings. The van der Waals surface area contributed by atoms with Gasteiger partial charge in [0.15, 0.2) is 0 Å². The molecule has 8 heteroatoms. The average molecular weight is 511 g/mol. The topological polar surface area (TPSA) is 45.3 Å². The third-order valence-corrected chi connectivity index (χ3v) is 8.70. The van der Waals surface area contributed by atoms with Crippen molar-refractivity contribution in [2.45, 2.75) is 64.9 Å². The van der Waals surface area contributed by atoms with Crippen LogP contribution in [-0.4, -0.2) is 74.7 Å². The van der Waals surface area contributed by atoms with Crippen LogP contribution in [0.2, 0.25) is 13.6 Å². The molecule has 0 aromatic heterocycles. The van der Waals surface area contributed by atoms with Gasteiger partial charge in [0, 0.05) is 49.4 Å². The van der Waals surface area contributed by atoms with Crippen molar-refractivity contribution in [2.75, 3.05) is 33.9 Å². The first-order valence-corrected chi connectivity index (χ1v) is 13.9. The van der Waals surface area contributed by atoms with Gasteiger partial charge in [-0.3, -0.25) is 9.80 Å². The van der Waals surface area contributed by atoms with Gasteiger partial charge in [0.2, 0.25) is 0 Å². The van der Waals surface area contributed by atoms with E-state index >= 15 is 0 Å². The van der Waals surface area contributed by atoms with Crippen LogP contribution in [0.4, 0.5) is 4.79 Å². The Bertz CT molecular complexity index is 1220. The molecule has 1 atom stereocenters. The lowest BCUT2D eigenvalue weighted by atomic mass is 9.66. The fourth-order valence-electron chi connectivity index (χ4n) is 6.77. The molecule has 2 saturated heterocycles. The van der Waals surface area contributed by atoms with Crippen LogP contribution in [0.25, 0.3) is 0 Å². The van der Waals surface area contributed by atoms with Crippen molar-refractivity contribution in [1.82, 2.24) is 14.7 Å². The van der Waals surface area contributed by atoms with Crippen molar-refractivity contribution >= 4 is 31.5 Å². The van der Waals surface area contributed by atoms with Gasteiger partial charge in [-0.1, -0.05) is 55.8 Å². The molecule has 5 rings (SSSR count). The lowest BCUT2D eigenvalue weighted by molar-refractivity contribution is 0.0888. The summed E-state index contributed by atoms with van der Waals surface area (Å²) in [5.74, 6) is 1.71. The Morgan fingerprint density at radius 1 is 1.00 bits per heavy atom. The number of carbonyl (C=O) groups is 1. The highest BCUT2D eigenvalue weighted by Crippen LogP contribution is 2.49. The molecule has 38 heavy (non-hydrogen) atoms. The first kappa shape index (κ1) is 26.7. The summed E-state index contributed by atoms with van der Waals surface area (Å²) in [6.45, 7) is 12.6. The monoisotopic (exact) mass is 511 g/mol. The second-order valence-corrected chi connectivity index (χ2v) is 10.7. The van der Waals surface area contributed by atoms with E-state index in [1.54, 1.807) is 14.2 Å². The smallest absolute Gasteiger partial charge is 0.325 e. The van der Waals surface area contributed by atoms with Gasteiger partial charge >= 0.3 is 6.03 Å². The van der Waals surface area contributed by atoms with Gasteiger partial charge in [-0.25, -0.2) is 4.79 Å². The van der Waals surface area contributed by atoms with E-state index in [1.165, 1.54) is 22.2 Å². The molecule has 0 aliphatic carbocycles. The van der Waals surface area contributed by atoms with Gasteiger partial charge in [-0.15, -0.1) is 0 Å². The number of nitrogens with zero attached hydrogens (tertiary/aromatic N) is 3. The van der Waals surface area contributed by atoms with E-state index in [0.717, 1.165) is 55.1 Å². The van der Waals surface area contributed by atoms with Gasteiger partial charge < -0.3 is 14.4 Å². The number of piperidine rings is 1. The number of rotatable bonds is 7. The summed E-state index contributed by atoms with van der Waals surface area (Å²) >= 11 is 0. The third-order valence-electron chi connectivity index (χ3n) is 8.70. The van der Waals surface area contributed by atoms with Gasteiger partial charge in [-0.2, -0.15) is 0 Å². The molecule has 6 nitrogen and oxygen atoms in total. The van der Waals surface area contributed by atoms with Crippen LogP contribution in [0.3, 0.4) is 0 Å². The summed E-state index contributed by atoms with van der Waals surface area (Å²) in [6.07, 6.45) is 4.20. The molecule has 3 heterocycles. The standard InChI is InChI=1S/C30H39B2N3O3/c1-7-35-29(36)34-19-22-15-25(37-5)17-26(38-6)28(22)20(2)12-27(34)30(35)8-10-33(11-9-30)18-21-13-23(31-3)16-24(14-21)32-4/h12-17,20H,7-11,18-19H2,1-6H3/t20-/m1/s1. The zero-order valence-electron chi connectivity index (χ0n) is 23.7. The van der Waals surface area contributed by atoms with E-state index in [9.17, 15) is 4.79 Å². The predicted octanol–water partition coefficient (Wildman–Crippen LogP) is 3.75. The first-order chi connectivity index (χ1) is 18.4. The van der Waals surface area contributed by atoms with E-state index in [1.807, 2.05) is 11.0 Å². The summed E-state index contributed by atoms with van der Waals surface area (Å²) in [7, 11) is 7.72. The molecule has 0 saturated carbocycles. The number of benzene rings is 2. The predicted molar refractivity (Wildman–Crippen MR) is 156 cm³/mol. The van der Waals surface area contributed by atoms with Gasteiger partial charge in [0.05, 0.1) is 26.3 Å². The Morgan fingerprint density at radius 3 is 2.26 bits per heavy atom. The normalized spacial score (nSPS) is 20.5. The molecule has 2 aromatic carbocycles. The van der Waals surface area contributed by atoms with Gasteiger partial charge in [0.25, 0.3) is 0 Å². The average Bonchev–Trinajstić information content (AvgIpc) is 3.03. The zero-order chi connectivity index (χ0) is 27.0. The minimum atomic E-state index is -0.267. The summed E-state index contributed by atoms with van der Waals surface area (Å²) in [6, 6.07) is 11.0. The summed E-state index contributed by atoms with van der Waals surface area (Å²) in [5, 5.41) is 0. The fourth-order valence-corrected chi connectivity index (χ4v) is 6.77. The van der Waals surface area contributed by atoms with Gasteiger partial charge in [-0.05, 0) is 37.0 Å². The van der Waals surface area contributed by atoms with Crippen molar-refractivity contribution in [3.05, 3.63) is 58.8 Å². The van der Waals surface area contributed by atoms with Crippen molar-refractivity contribution in [1.29, 1.82) is 0 Å². The maximum absolute atomic E-state index is 13.9. The molecule has 1 spiro atoms. The number of hydrogen-bond donors (Lipinski definition) is 0.